The summed E-state index contributed by atoms with van der Waals surface area (Å²) < 4.78 is 0. The first kappa shape index (κ1) is 11.4. The Balaban J connectivity index is 1.89. The highest BCUT2D eigenvalue weighted by molar-refractivity contribution is 5.85. The number of rotatable bonds is 4. The van der Waals surface area contributed by atoms with Crippen LogP contribution in [0.25, 0.3) is 0 Å². The molecule has 2 aliphatic carbocycles. The van der Waals surface area contributed by atoms with E-state index in [1.807, 2.05) is 0 Å². The van der Waals surface area contributed by atoms with Gasteiger partial charge in [-0.05, 0) is 32.1 Å². The standard InChI is InChI=1S/C12H19NO3/c14-10(13-9-4-3-5-9)8-12(11(15)16)6-1-2-7-12/h9H,1-8H2,(H,13,14)(H,15,16). The molecule has 2 rings (SSSR count). The van der Waals surface area contributed by atoms with E-state index >= 15 is 0 Å². The summed E-state index contributed by atoms with van der Waals surface area (Å²) in [6.07, 6.45) is 6.61. The summed E-state index contributed by atoms with van der Waals surface area (Å²) in [5.74, 6) is -0.872. The maximum Gasteiger partial charge on any atom is 0.310 e. The molecule has 0 aromatic carbocycles. The molecule has 2 aliphatic rings. The predicted octanol–water partition coefficient (Wildman–Crippen LogP) is 1.69. The third-order valence-electron chi connectivity index (χ3n) is 3.98. The third-order valence-corrected chi connectivity index (χ3v) is 3.98. The van der Waals surface area contributed by atoms with Gasteiger partial charge >= 0.3 is 5.97 Å². The van der Waals surface area contributed by atoms with Gasteiger partial charge in [0, 0.05) is 12.5 Å². The fraction of sp³-hybridized carbons (Fsp3) is 0.833. The number of carboxylic acid groups (broad SMARTS) is 1. The maximum absolute atomic E-state index is 11.7. The first-order valence-corrected chi connectivity index (χ1v) is 6.15. The highest BCUT2D eigenvalue weighted by Gasteiger charge is 2.43. The quantitative estimate of drug-likeness (QED) is 0.765. The average Bonchev–Trinajstić information content (AvgIpc) is 2.61. The summed E-state index contributed by atoms with van der Waals surface area (Å²) in [6.45, 7) is 0. The SMILES string of the molecule is O=C(CC1(C(=O)O)CCCC1)NC1CCC1. The fourth-order valence-corrected chi connectivity index (χ4v) is 2.66. The monoisotopic (exact) mass is 225 g/mol. The Bertz CT molecular complexity index is 291. The molecule has 0 aliphatic heterocycles. The van der Waals surface area contributed by atoms with Crippen molar-refractivity contribution in [3.8, 4) is 0 Å². The minimum absolute atomic E-state index is 0.0750. The zero-order valence-electron chi connectivity index (χ0n) is 9.50. The summed E-state index contributed by atoms with van der Waals surface area (Å²) in [5.41, 5.74) is -0.770. The number of hydrogen-bond donors (Lipinski definition) is 2. The van der Waals surface area contributed by atoms with Crippen molar-refractivity contribution in [2.45, 2.75) is 57.4 Å². The van der Waals surface area contributed by atoms with Gasteiger partial charge in [0.15, 0.2) is 0 Å². The highest BCUT2D eigenvalue weighted by atomic mass is 16.4. The number of carbonyl (C=O) groups excluding carboxylic acids is 1. The minimum Gasteiger partial charge on any atom is -0.481 e. The highest BCUT2D eigenvalue weighted by Crippen LogP contribution is 2.41. The number of carboxylic acids is 1. The molecular weight excluding hydrogens is 206 g/mol. The molecule has 0 radical (unpaired) electrons. The molecule has 0 atom stereocenters. The normalized spacial score (nSPS) is 23.8. The number of amides is 1. The molecule has 16 heavy (non-hydrogen) atoms. The molecule has 90 valence electrons. The van der Waals surface area contributed by atoms with E-state index in [2.05, 4.69) is 5.32 Å². The van der Waals surface area contributed by atoms with E-state index in [1.54, 1.807) is 0 Å². The van der Waals surface area contributed by atoms with E-state index in [1.165, 1.54) is 6.42 Å². The number of aliphatic carboxylic acids is 1. The van der Waals surface area contributed by atoms with Gasteiger partial charge in [0.1, 0.15) is 0 Å². The third kappa shape index (κ3) is 2.20. The summed E-state index contributed by atoms with van der Waals surface area (Å²) in [5, 5.41) is 12.2. The lowest BCUT2D eigenvalue weighted by Gasteiger charge is -2.29. The molecule has 0 spiro atoms. The summed E-state index contributed by atoms with van der Waals surface area (Å²) in [4.78, 5) is 23.0. The lowest BCUT2D eigenvalue weighted by Crippen LogP contribution is -2.43. The lowest BCUT2D eigenvalue weighted by molar-refractivity contribution is -0.151. The molecule has 4 nitrogen and oxygen atoms in total. The van der Waals surface area contributed by atoms with Crippen LogP contribution in [0, 0.1) is 5.41 Å². The molecule has 2 N–H and O–H groups in total. The van der Waals surface area contributed by atoms with Crippen LogP contribution in [0.3, 0.4) is 0 Å². The zero-order chi connectivity index (χ0) is 11.6. The molecule has 1 amide bonds. The Kier molecular flexibility index (Phi) is 3.17. The van der Waals surface area contributed by atoms with Gasteiger partial charge in [0.2, 0.25) is 5.91 Å². The molecule has 0 bridgehead atoms. The molecule has 2 saturated carbocycles. The van der Waals surface area contributed by atoms with E-state index in [0.29, 0.717) is 18.9 Å². The van der Waals surface area contributed by atoms with Gasteiger partial charge in [-0.15, -0.1) is 0 Å². The van der Waals surface area contributed by atoms with Crippen LogP contribution in [0.5, 0.6) is 0 Å². The number of hydrogen-bond acceptors (Lipinski definition) is 2. The summed E-state index contributed by atoms with van der Waals surface area (Å²) >= 11 is 0. The Morgan fingerprint density at radius 1 is 1.19 bits per heavy atom. The average molecular weight is 225 g/mol. The lowest BCUT2D eigenvalue weighted by atomic mass is 9.82. The Morgan fingerprint density at radius 3 is 2.25 bits per heavy atom. The second-order valence-electron chi connectivity index (χ2n) is 5.16. The molecule has 4 heteroatoms. The van der Waals surface area contributed by atoms with Gasteiger partial charge in [0.25, 0.3) is 0 Å². The smallest absolute Gasteiger partial charge is 0.310 e. The molecule has 0 aromatic rings. The van der Waals surface area contributed by atoms with Crippen LogP contribution in [-0.2, 0) is 9.59 Å². The van der Waals surface area contributed by atoms with Crippen molar-refractivity contribution >= 4 is 11.9 Å². The van der Waals surface area contributed by atoms with Crippen LogP contribution in [0.4, 0.5) is 0 Å². The molecule has 0 heterocycles. The molecule has 0 unspecified atom stereocenters. The van der Waals surface area contributed by atoms with Crippen LogP contribution < -0.4 is 5.32 Å². The Labute approximate surface area is 95.4 Å². The van der Waals surface area contributed by atoms with Gasteiger partial charge in [-0.25, -0.2) is 0 Å². The van der Waals surface area contributed by atoms with E-state index in [9.17, 15) is 14.7 Å². The van der Waals surface area contributed by atoms with Crippen molar-refractivity contribution in [3.63, 3.8) is 0 Å². The van der Waals surface area contributed by atoms with Crippen molar-refractivity contribution in [1.29, 1.82) is 0 Å². The van der Waals surface area contributed by atoms with Gasteiger partial charge in [-0.2, -0.15) is 0 Å². The van der Waals surface area contributed by atoms with Crippen molar-refractivity contribution in [3.05, 3.63) is 0 Å². The van der Waals surface area contributed by atoms with E-state index in [-0.39, 0.29) is 12.3 Å². The van der Waals surface area contributed by atoms with Crippen LogP contribution in [0.15, 0.2) is 0 Å². The predicted molar refractivity (Wildman–Crippen MR) is 58.9 cm³/mol. The Morgan fingerprint density at radius 2 is 1.81 bits per heavy atom. The summed E-state index contributed by atoms with van der Waals surface area (Å²) in [6, 6.07) is 0.305. The second-order valence-corrected chi connectivity index (χ2v) is 5.16. The van der Waals surface area contributed by atoms with E-state index < -0.39 is 11.4 Å². The number of nitrogens with one attached hydrogen (secondary N) is 1. The van der Waals surface area contributed by atoms with Crippen molar-refractivity contribution < 1.29 is 14.7 Å². The molecule has 0 saturated heterocycles. The minimum atomic E-state index is -0.797. The van der Waals surface area contributed by atoms with Crippen LogP contribution >= 0.6 is 0 Å². The van der Waals surface area contributed by atoms with Gasteiger partial charge in [-0.1, -0.05) is 12.8 Å². The van der Waals surface area contributed by atoms with Crippen molar-refractivity contribution in [2.75, 3.05) is 0 Å². The van der Waals surface area contributed by atoms with Gasteiger partial charge in [0.05, 0.1) is 5.41 Å². The first-order chi connectivity index (χ1) is 7.62. The van der Waals surface area contributed by atoms with Crippen molar-refractivity contribution in [1.82, 2.24) is 5.32 Å². The van der Waals surface area contributed by atoms with Crippen LogP contribution in [0.1, 0.15) is 51.4 Å². The molecule has 0 aromatic heterocycles. The summed E-state index contributed by atoms with van der Waals surface area (Å²) in [7, 11) is 0. The fourth-order valence-electron chi connectivity index (χ4n) is 2.66. The molecule has 2 fully saturated rings. The van der Waals surface area contributed by atoms with E-state index in [0.717, 1.165) is 25.7 Å². The first-order valence-electron chi connectivity index (χ1n) is 6.15. The van der Waals surface area contributed by atoms with Gasteiger partial charge < -0.3 is 10.4 Å². The Hall–Kier alpha value is -1.06. The van der Waals surface area contributed by atoms with Crippen LogP contribution in [0.2, 0.25) is 0 Å². The molecular formula is C12H19NO3. The van der Waals surface area contributed by atoms with Crippen LogP contribution in [-0.4, -0.2) is 23.0 Å². The van der Waals surface area contributed by atoms with Crippen molar-refractivity contribution in [2.24, 2.45) is 5.41 Å². The number of carbonyl (C=O) groups is 2. The topological polar surface area (TPSA) is 66.4 Å². The second kappa shape index (κ2) is 4.44. The van der Waals surface area contributed by atoms with E-state index in [4.69, 9.17) is 0 Å². The largest absolute Gasteiger partial charge is 0.481 e. The maximum atomic E-state index is 11.7. The zero-order valence-corrected chi connectivity index (χ0v) is 9.50. The van der Waals surface area contributed by atoms with Gasteiger partial charge in [-0.3, -0.25) is 9.59 Å².